The van der Waals surface area contributed by atoms with Gasteiger partial charge in [-0.15, -0.1) is 0 Å². The number of carbonyl (C=O) groups excluding carboxylic acids is 1. The minimum absolute atomic E-state index is 0.164. The molecular formula is C15H12FNO3. The lowest BCUT2D eigenvalue weighted by Gasteiger charge is -2.08. The van der Waals surface area contributed by atoms with Crippen molar-refractivity contribution in [3.8, 4) is 11.5 Å². The maximum atomic E-state index is 13.0. The van der Waals surface area contributed by atoms with Crippen molar-refractivity contribution in [3.63, 3.8) is 0 Å². The fraction of sp³-hybridized carbons (Fsp3) is 0.133. The van der Waals surface area contributed by atoms with Crippen molar-refractivity contribution in [2.24, 2.45) is 0 Å². The third-order valence-electron chi connectivity index (χ3n) is 3.07. The van der Waals surface area contributed by atoms with Gasteiger partial charge < -0.3 is 14.8 Å². The highest BCUT2D eigenvalue weighted by Gasteiger charge is 2.16. The van der Waals surface area contributed by atoms with Gasteiger partial charge in [-0.3, -0.25) is 4.79 Å². The Kier molecular flexibility index (Phi) is 3.02. The molecule has 0 spiro atoms. The molecule has 0 aliphatic carbocycles. The number of ether oxygens (including phenoxy) is 2. The molecule has 2 aromatic rings. The molecule has 5 heteroatoms. The van der Waals surface area contributed by atoms with Crippen molar-refractivity contribution < 1.29 is 18.7 Å². The fourth-order valence-corrected chi connectivity index (χ4v) is 2.00. The van der Waals surface area contributed by atoms with E-state index < -0.39 is 0 Å². The predicted octanol–water partition coefficient (Wildman–Crippen LogP) is 3.12. The molecule has 3 rings (SSSR count). The number of aryl methyl sites for hydroxylation is 1. The fourth-order valence-electron chi connectivity index (χ4n) is 2.00. The van der Waals surface area contributed by atoms with Crippen LogP contribution in [0, 0.1) is 12.7 Å². The topological polar surface area (TPSA) is 47.6 Å². The Bertz CT molecular complexity index is 685. The molecule has 0 saturated carbocycles. The Hall–Kier alpha value is -2.56. The normalized spacial score (nSPS) is 12.3. The second kappa shape index (κ2) is 4.85. The number of hydrogen-bond acceptors (Lipinski definition) is 3. The molecule has 1 amide bonds. The highest BCUT2D eigenvalue weighted by molar-refractivity contribution is 6.05. The van der Waals surface area contributed by atoms with Crippen molar-refractivity contribution in [2.45, 2.75) is 6.92 Å². The van der Waals surface area contributed by atoms with Gasteiger partial charge >= 0.3 is 0 Å². The summed E-state index contributed by atoms with van der Waals surface area (Å²) in [6.07, 6.45) is 0. The van der Waals surface area contributed by atoms with E-state index in [1.807, 2.05) is 0 Å². The van der Waals surface area contributed by atoms with Gasteiger partial charge in [0.05, 0.1) is 0 Å². The van der Waals surface area contributed by atoms with Crippen molar-refractivity contribution in [1.82, 2.24) is 0 Å². The van der Waals surface area contributed by atoms with Gasteiger partial charge in [0.15, 0.2) is 11.5 Å². The van der Waals surface area contributed by atoms with E-state index in [0.29, 0.717) is 28.3 Å². The SMILES string of the molecule is Cc1cc(F)ccc1NC(=O)c1ccc2c(c1)OCO2. The van der Waals surface area contributed by atoms with Gasteiger partial charge in [0.25, 0.3) is 5.91 Å². The van der Waals surface area contributed by atoms with Crippen LogP contribution in [0.5, 0.6) is 11.5 Å². The quantitative estimate of drug-likeness (QED) is 0.914. The molecule has 1 aliphatic heterocycles. The van der Waals surface area contributed by atoms with Crippen molar-refractivity contribution >= 4 is 11.6 Å². The van der Waals surface area contributed by atoms with Gasteiger partial charge in [-0.05, 0) is 48.9 Å². The summed E-state index contributed by atoms with van der Waals surface area (Å²) in [7, 11) is 0. The van der Waals surface area contributed by atoms with Gasteiger partial charge in [-0.2, -0.15) is 0 Å². The first-order valence-corrected chi connectivity index (χ1v) is 6.10. The smallest absolute Gasteiger partial charge is 0.255 e. The van der Waals surface area contributed by atoms with Gasteiger partial charge in [-0.1, -0.05) is 0 Å². The molecule has 0 fully saturated rings. The van der Waals surface area contributed by atoms with E-state index in [1.165, 1.54) is 18.2 Å². The van der Waals surface area contributed by atoms with Gasteiger partial charge in [0, 0.05) is 11.3 Å². The molecule has 0 aromatic heterocycles. The first-order chi connectivity index (χ1) is 9.63. The Morgan fingerprint density at radius 3 is 2.75 bits per heavy atom. The third kappa shape index (κ3) is 2.30. The highest BCUT2D eigenvalue weighted by atomic mass is 19.1. The molecule has 4 nitrogen and oxygen atoms in total. The number of anilines is 1. The number of fused-ring (bicyclic) bond motifs is 1. The van der Waals surface area contributed by atoms with Crippen LogP contribution in [-0.2, 0) is 0 Å². The molecule has 0 saturated heterocycles. The molecule has 2 aromatic carbocycles. The number of benzene rings is 2. The number of hydrogen-bond donors (Lipinski definition) is 1. The summed E-state index contributed by atoms with van der Waals surface area (Å²) in [5.74, 6) is 0.564. The predicted molar refractivity (Wildman–Crippen MR) is 71.7 cm³/mol. The van der Waals surface area contributed by atoms with Crippen molar-refractivity contribution in [1.29, 1.82) is 0 Å². The second-order valence-electron chi connectivity index (χ2n) is 4.48. The molecule has 0 radical (unpaired) electrons. The lowest BCUT2D eigenvalue weighted by molar-refractivity contribution is 0.102. The molecule has 102 valence electrons. The van der Waals surface area contributed by atoms with Gasteiger partial charge in [0.1, 0.15) is 5.82 Å². The summed E-state index contributed by atoms with van der Waals surface area (Å²) in [6.45, 7) is 1.90. The molecule has 20 heavy (non-hydrogen) atoms. The Balaban J connectivity index is 1.82. The van der Waals surface area contributed by atoms with E-state index in [0.717, 1.165) is 0 Å². The lowest BCUT2D eigenvalue weighted by atomic mass is 10.1. The zero-order valence-corrected chi connectivity index (χ0v) is 10.8. The van der Waals surface area contributed by atoms with Crippen molar-refractivity contribution in [2.75, 3.05) is 12.1 Å². The molecule has 1 heterocycles. The molecule has 0 atom stereocenters. The first-order valence-electron chi connectivity index (χ1n) is 6.10. The maximum absolute atomic E-state index is 13.0. The zero-order valence-electron chi connectivity index (χ0n) is 10.8. The van der Waals surface area contributed by atoms with Crippen molar-refractivity contribution in [3.05, 3.63) is 53.3 Å². The van der Waals surface area contributed by atoms with Crippen LogP contribution in [0.2, 0.25) is 0 Å². The zero-order chi connectivity index (χ0) is 14.1. The molecular weight excluding hydrogens is 261 g/mol. The van der Waals surface area contributed by atoms with Crippen LogP contribution in [0.15, 0.2) is 36.4 Å². The maximum Gasteiger partial charge on any atom is 0.255 e. The van der Waals surface area contributed by atoms with Crippen LogP contribution in [-0.4, -0.2) is 12.7 Å². The summed E-state index contributed by atoms with van der Waals surface area (Å²) < 4.78 is 23.4. The first kappa shape index (κ1) is 12.5. The van der Waals surface area contributed by atoms with Gasteiger partial charge in [-0.25, -0.2) is 4.39 Å². The van der Waals surface area contributed by atoms with Crippen LogP contribution < -0.4 is 14.8 Å². The number of halogens is 1. The van der Waals surface area contributed by atoms with Crippen LogP contribution in [0.25, 0.3) is 0 Å². The van der Waals surface area contributed by atoms with Crippen LogP contribution >= 0.6 is 0 Å². The number of rotatable bonds is 2. The van der Waals surface area contributed by atoms with E-state index in [1.54, 1.807) is 25.1 Å². The van der Waals surface area contributed by atoms with E-state index in [4.69, 9.17) is 9.47 Å². The summed E-state index contributed by atoms with van der Waals surface area (Å²) in [4.78, 5) is 12.1. The lowest BCUT2D eigenvalue weighted by Crippen LogP contribution is -2.12. The number of amides is 1. The highest BCUT2D eigenvalue weighted by Crippen LogP contribution is 2.32. The van der Waals surface area contributed by atoms with Crippen LogP contribution in [0.1, 0.15) is 15.9 Å². The average molecular weight is 273 g/mol. The van der Waals surface area contributed by atoms with Gasteiger partial charge in [0.2, 0.25) is 6.79 Å². The molecule has 1 aliphatic rings. The monoisotopic (exact) mass is 273 g/mol. The van der Waals surface area contributed by atoms with E-state index in [-0.39, 0.29) is 18.5 Å². The summed E-state index contributed by atoms with van der Waals surface area (Å²) in [5.41, 5.74) is 1.70. The largest absolute Gasteiger partial charge is 0.454 e. The molecule has 1 N–H and O–H groups in total. The summed E-state index contributed by atoms with van der Waals surface area (Å²) in [5, 5.41) is 2.74. The molecule has 0 bridgehead atoms. The average Bonchev–Trinajstić information content (AvgIpc) is 2.89. The number of nitrogens with one attached hydrogen (secondary N) is 1. The Morgan fingerprint density at radius 2 is 1.95 bits per heavy atom. The standard InChI is InChI=1S/C15H12FNO3/c1-9-6-11(16)3-4-12(9)17-15(18)10-2-5-13-14(7-10)20-8-19-13/h2-7H,8H2,1H3,(H,17,18). The summed E-state index contributed by atoms with van der Waals surface area (Å²) in [6, 6.07) is 9.18. The summed E-state index contributed by atoms with van der Waals surface area (Å²) >= 11 is 0. The van der Waals surface area contributed by atoms with Crippen LogP contribution in [0.3, 0.4) is 0 Å². The molecule has 0 unspecified atom stereocenters. The van der Waals surface area contributed by atoms with E-state index in [2.05, 4.69) is 5.32 Å². The van der Waals surface area contributed by atoms with E-state index >= 15 is 0 Å². The Morgan fingerprint density at radius 1 is 1.15 bits per heavy atom. The third-order valence-corrected chi connectivity index (χ3v) is 3.07. The van der Waals surface area contributed by atoms with Crippen LogP contribution in [0.4, 0.5) is 10.1 Å². The second-order valence-corrected chi connectivity index (χ2v) is 4.48. The number of carbonyl (C=O) groups is 1. The minimum atomic E-state index is -0.330. The minimum Gasteiger partial charge on any atom is -0.454 e. The Labute approximate surface area is 115 Å². The van der Waals surface area contributed by atoms with E-state index in [9.17, 15) is 9.18 Å².